The topological polar surface area (TPSA) is 9.86 Å². The van der Waals surface area contributed by atoms with E-state index in [-0.39, 0.29) is 0 Å². The van der Waals surface area contributed by atoms with Crippen molar-refractivity contribution >= 4 is 81.2 Å². The molecular formula is C47H32N2S. The van der Waals surface area contributed by atoms with Crippen molar-refractivity contribution in [2.24, 2.45) is 5.92 Å². The van der Waals surface area contributed by atoms with E-state index in [0.717, 1.165) is 6.42 Å². The maximum absolute atomic E-state index is 2.52. The Morgan fingerprint density at radius 1 is 0.520 bits per heavy atom. The Bertz CT molecular complexity index is 3020. The van der Waals surface area contributed by atoms with Gasteiger partial charge < -0.3 is 9.13 Å². The predicted molar refractivity (Wildman–Crippen MR) is 215 cm³/mol. The monoisotopic (exact) mass is 656 g/mol. The molecule has 2 nitrogen and oxygen atoms in total. The van der Waals surface area contributed by atoms with Gasteiger partial charge >= 0.3 is 0 Å². The average molecular weight is 657 g/mol. The van der Waals surface area contributed by atoms with Gasteiger partial charge in [-0.1, -0.05) is 97.9 Å². The van der Waals surface area contributed by atoms with E-state index >= 15 is 0 Å². The Hall–Kier alpha value is -5.90. The van der Waals surface area contributed by atoms with Crippen molar-refractivity contribution in [3.63, 3.8) is 0 Å². The van der Waals surface area contributed by atoms with Crippen LogP contribution in [0.15, 0.2) is 152 Å². The molecule has 0 spiro atoms. The zero-order valence-corrected chi connectivity index (χ0v) is 28.4. The molecule has 1 aliphatic carbocycles. The van der Waals surface area contributed by atoms with Crippen LogP contribution in [0.1, 0.15) is 18.1 Å². The summed E-state index contributed by atoms with van der Waals surface area (Å²) in [5.74, 6) is 0.550. The number of allylic oxidation sites excluding steroid dienone is 1. The summed E-state index contributed by atoms with van der Waals surface area (Å²) in [6.45, 7) is 2.31. The normalized spacial score (nSPS) is 14.5. The van der Waals surface area contributed by atoms with Gasteiger partial charge in [-0.25, -0.2) is 0 Å². The molecule has 0 N–H and O–H groups in total. The molecule has 10 aromatic rings. The van der Waals surface area contributed by atoms with Crippen LogP contribution in [0.4, 0.5) is 0 Å². The van der Waals surface area contributed by atoms with Gasteiger partial charge in [0, 0.05) is 53.0 Å². The molecule has 0 amide bonds. The van der Waals surface area contributed by atoms with Crippen molar-refractivity contribution < 1.29 is 0 Å². The summed E-state index contributed by atoms with van der Waals surface area (Å²) in [4.78, 5) is 0. The Kier molecular flexibility index (Phi) is 5.90. The zero-order chi connectivity index (χ0) is 32.9. The van der Waals surface area contributed by atoms with Gasteiger partial charge in [0.05, 0.1) is 27.8 Å². The second-order valence-electron chi connectivity index (χ2n) is 13.8. The molecule has 3 heterocycles. The van der Waals surface area contributed by atoms with Crippen LogP contribution in [0.5, 0.6) is 0 Å². The molecule has 1 atom stereocenters. The minimum Gasteiger partial charge on any atom is -0.309 e. The van der Waals surface area contributed by atoms with Gasteiger partial charge in [-0.3, -0.25) is 0 Å². The molecule has 0 radical (unpaired) electrons. The third-order valence-electron chi connectivity index (χ3n) is 10.8. The second-order valence-corrected chi connectivity index (χ2v) is 14.9. The number of hydrogen-bond donors (Lipinski definition) is 0. The fourth-order valence-corrected chi connectivity index (χ4v) is 9.73. The van der Waals surface area contributed by atoms with Gasteiger partial charge in [0.25, 0.3) is 0 Å². The van der Waals surface area contributed by atoms with Crippen LogP contribution >= 0.6 is 11.3 Å². The summed E-state index contributed by atoms with van der Waals surface area (Å²) in [6, 6.07) is 54.1. The molecule has 0 aliphatic heterocycles. The van der Waals surface area contributed by atoms with Crippen molar-refractivity contribution in [2.45, 2.75) is 13.3 Å². The highest BCUT2D eigenvalue weighted by atomic mass is 32.1. The van der Waals surface area contributed by atoms with Crippen molar-refractivity contribution in [2.75, 3.05) is 0 Å². The van der Waals surface area contributed by atoms with Gasteiger partial charge in [0.2, 0.25) is 0 Å². The standard InChI is InChI=1S/C47H32N2S/c1-29-18-21-34-32(26-29)10-9-16-39(34)49-42-23-20-31(28-38(42)46-43(49)24-25-45-47(46)36-14-6-8-17-44(36)50-45)30-19-22-41-37(27-30)35-13-5-7-15-40(35)48(41)33-11-3-2-4-12-33/h2-25,27-29H,26H2,1H3. The van der Waals surface area contributed by atoms with Crippen LogP contribution in [0.25, 0.3) is 92.4 Å². The largest absolute Gasteiger partial charge is 0.309 e. The van der Waals surface area contributed by atoms with Gasteiger partial charge in [0.1, 0.15) is 0 Å². The lowest BCUT2D eigenvalue weighted by Gasteiger charge is -2.20. The summed E-state index contributed by atoms with van der Waals surface area (Å²) in [5, 5.41) is 7.87. The maximum atomic E-state index is 2.52. The molecule has 0 saturated heterocycles. The van der Waals surface area contributed by atoms with Crippen molar-refractivity contribution in [3.05, 3.63) is 163 Å². The lowest BCUT2D eigenvalue weighted by Crippen LogP contribution is -2.07. The Morgan fingerprint density at radius 3 is 2.08 bits per heavy atom. The van der Waals surface area contributed by atoms with Crippen molar-refractivity contribution in [1.82, 2.24) is 9.13 Å². The smallest absolute Gasteiger partial charge is 0.0548 e. The quantitative estimate of drug-likeness (QED) is 0.179. The van der Waals surface area contributed by atoms with Crippen molar-refractivity contribution in [3.8, 4) is 22.5 Å². The zero-order valence-electron chi connectivity index (χ0n) is 27.6. The molecule has 1 unspecified atom stereocenters. The van der Waals surface area contributed by atoms with E-state index in [0.29, 0.717) is 5.92 Å². The summed E-state index contributed by atoms with van der Waals surface area (Å²) >= 11 is 1.89. The number of hydrogen-bond acceptors (Lipinski definition) is 1. The number of thiophene rings is 1. The first kappa shape index (κ1) is 28.0. The maximum Gasteiger partial charge on any atom is 0.0548 e. The van der Waals surface area contributed by atoms with Gasteiger partial charge in [-0.05, 0) is 95.8 Å². The highest BCUT2D eigenvalue weighted by Gasteiger charge is 2.22. The van der Waals surface area contributed by atoms with Crippen LogP contribution < -0.4 is 0 Å². The number of benzene rings is 7. The molecule has 0 saturated carbocycles. The molecule has 0 bridgehead atoms. The lowest BCUT2D eigenvalue weighted by molar-refractivity contribution is 0.716. The molecule has 0 fully saturated rings. The van der Waals surface area contributed by atoms with E-state index < -0.39 is 0 Å². The van der Waals surface area contributed by atoms with Gasteiger partial charge in [0.15, 0.2) is 0 Å². The molecule has 7 aromatic carbocycles. The van der Waals surface area contributed by atoms with Gasteiger partial charge in [-0.15, -0.1) is 11.3 Å². The molecule has 1 aliphatic rings. The van der Waals surface area contributed by atoms with Gasteiger partial charge in [-0.2, -0.15) is 0 Å². The Balaban J connectivity index is 1.21. The summed E-state index contributed by atoms with van der Waals surface area (Å²) in [7, 11) is 0. The van der Waals surface area contributed by atoms with E-state index in [1.165, 1.54) is 97.4 Å². The molecular weight excluding hydrogens is 625 g/mol. The first-order valence-corrected chi connectivity index (χ1v) is 18.3. The first-order chi connectivity index (χ1) is 24.7. The van der Waals surface area contributed by atoms with E-state index in [4.69, 9.17) is 0 Å². The molecule has 3 aromatic heterocycles. The number of fused-ring (bicyclic) bond motifs is 11. The minimum absolute atomic E-state index is 0.550. The lowest BCUT2D eigenvalue weighted by atomic mass is 9.90. The number of nitrogens with zero attached hydrogens (tertiary/aromatic N) is 2. The van der Waals surface area contributed by atoms with Crippen LogP contribution in [0.2, 0.25) is 0 Å². The van der Waals surface area contributed by atoms with Crippen LogP contribution in [0.3, 0.4) is 0 Å². The highest BCUT2D eigenvalue weighted by molar-refractivity contribution is 7.26. The van der Waals surface area contributed by atoms with E-state index in [1.54, 1.807) is 0 Å². The SMILES string of the molecule is CC1C=Cc2c(cccc2-n2c3ccc(-c4ccc5c(c4)c4ccccc4n5-c4ccccc4)cc3c3c4c(ccc32)sc2ccccc24)C1. The van der Waals surface area contributed by atoms with Crippen LogP contribution in [-0.2, 0) is 6.42 Å². The third-order valence-corrected chi connectivity index (χ3v) is 12.0. The predicted octanol–water partition coefficient (Wildman–Crippen LogP) is 13.1. The number of aromatic nitrogens is 2. The highest BCUT2D eigenvalue weighted by Crippen LogP contribution is 2.45. The van der Waals surface area contributed by atoms with E-state index in [9.17, 15) is 0 Å². The minimum atomic E-state index is 0.550. The van der Waals surface area contributed by atoms with Crippen molar-refractivity contribution in [1.29, 1.82) is 0 Å². The summed E-state index contributed by atoms with van der Waals surface area (Å²) in [5.41, 5.74) is 12.6. The fraction of sp³-hybridized carbons (Fsp3) is 0.0638. The summed E-state index contributed by atoms with van der Waals surface area (Å²) in [6.07, 6.45) is 5.79. The number of rotatable bonds is 3. The fourth-order valence-electron chi connectivity index (χ4n) is 8.61. The van der Waals surface area contributed by atoms with Crippen LogP contribution in [-0.4, -0.2) is 9.13 Å². The third kappa shape index (κ3) is 3.95. The second kappa shape index (κ2) is 10.5. The average Bonchev–Trinajstić information content (AvgIpc) is 3.81. The Labute approximate surface area is 293 Å². The Morgan fingerprint density at radius 2 is 1.22 bits per heavy atom. The molecule has 3 heteroatoms. The van der Waals surface area contributed by atoms with E-state index in [2.05, 4.69) is 174 Å². The van der Waals surface area contributed by atoms with Crippen LogP contribution in [0, 0.1) is 5.92 Å². The first-order valence-electron chi connectivity index (χ1n) is 17.5. The molecule has 11 rings (SSSR count). The molecule has 50 heavy (non-hydrogen) atoms. The van der Waals surface area contributed by atoms with E-state index in [1.807, 2.05) is 11.3 Å². The summed E-state index contributed by atoms with van der Waals surface area (Å²) < 4.78 is 7.58. The number of para-hydroxylation sites is 2. The molecule has 236 valence electrons.